The molecule has 86 valence electrons. The Morgan fingerprint density at radius 3 is 2.81 bits per heavy atom. The van der Waals surface area contributed by atoms with Crippen LogP contribution >= 0.6 is 0 Å². The van der Waals surface area contributed by atoms with E-state index in [9.17, 15) is 5.11 Å². The largest absolute Gasteiger partial charge is 0.391 e. The third-order valence-electron chi connectivity index (χ3n) is 3.77. The number of aliphatic hydroxyl groups excluding tert-OH is 1. The fraction of sp³-hybridized carbons (Fsp3) is 0.538. The standard InChI is InChI=1S/C13H18N2O/c16-13-6-14-12-9-15(8-11(12)13)7-10-4-2-1-3-5-10/h1-5,11-14,16H,6-9H2. The summed E-state index contributed by atoms with van der Waals surface area (Å²) in [7, 11) is 0. The van der Waals surface area contributed by atoms with Crippen molar-refractivity contribution in [1.29, 1.82) is 0 Å². The summed E-state index contributed by atoms with van der Waals surface area (Å²) in [5.41, 5.74) is 1.36. The zero-order chi connectivity index (χ0) is 11.0. The monoisotopic (exact) mass is 218 g/mol. The molecule has 3 atom stereocenters. The quantitative estimate of drug-likeness (QED) is 0.756. The van der Waals surface area contributed by atoms with Crippen molar-refractivity contribution in [3.63, 3.8) is 0 Å². The first-order valence-corrected chi connectivity index (χ1v) is 6.00. The van der Waals surface area contributed by atoms with Crippen LogP contribution in [0.5, 0.6) is 0 Å². The highest BCUT2D eigenvalue weighted by atomic mass is 16.3. The molecule has 16 heavy (non-hydrogen) atoms. The Labute approximate surface area is 96.1 Å². The minimum absolute atomic E-state index is 0.147. The number of hydrogen-bond acceptors (Lipinski definition) is 3. The molecular formula is C13H18N2O. The lowest BCUT2D eigenvalue weighted by atomic mass is 10.0. The van der Waals surface area contributed by atoms with Crippen LogP contribution in [0.4, 0.5) is 0 Å². The number of nitrogens with zero attached hydrogens (tertiary/aromatic N) is 1. The summed E-state index contributed by atoms with van der Waals surface area (Å²) in [4.78, 5) is 2.43. The van der Waals surface area contributed by atoms with Gasteiger partial charge in [-0.2, -0.15) is 0 Å². The van der Waals surface area contributed by atoms with Crippen molar-refractivity contribution >= 4 is 0 Å². The zero-order valence-corrected chi connectivity index (χ0v) is 9.34. The predicted octanol–water partition coefficient (Wildman–Crippen LogP) is 0.451. The topological polar surface area (TPSA) is 35.5 Å². The number of β-amino-alcohol motifs (C(OH)–C–C–N with tert-alkyl or cyclic N) is 1. The number of nitrogens with one attached hydrogen (secondary N) is 1. The van der Waals surface area contributed by atoms with E-state index in [1.54, 1.807) is 0 Å². The Hall–Kier alpha value is -0.900. The van der Waals surface area contributed by atoms with Crippen molar-refractivity contribution in [2.75, 3.05) is 19.6 Å². The summed E-state index contributed by atoms with van der Waals surface area (Å²) in [5.74, 6) is 0.434. The molecule has 0 saturated carbocycles. The summed E-state index contributed by atoms with van der Waals surface area (Å²) in [5, 5.41) is 13.2. The molecule has 0 aromatic heterocycles. The second kappa shape index (κ2) is 4.17. The van der Waals surface area contributed by atoms with Crippen LogP contribution < -0.4 is 5.32 Å². The molecule has 0 spiro atoms. The van der Waals surface area contributed by atoms with Crippen molar-refractivity contribution in [1.82, 2.24) is 10.2 Å². The Morgan fingerprint density at radius 1 is 1.25 bits per heavy atom. The van der Waals surface area contributed by atoms with Gasteiger partial charge < -0.3 is 10.4 Å². The van der Waals surface area contributed by atoms with E-state index in [2.05, 4.69) is 34.5 Å². The third kappa shape index (κ3) is 1.86. The van der Waals surface area contributed by atoms with E-state index >= 15 is 0 Å². The van der Waals surface area contributed by atoms with E-state index in [0.717, 1.165) is 26.2 Å². The van der Waals surface area contributed by atoms with Crippen LogP contribution in [0.25, 0.3) is 0 Å². The van der Waals surface area contributed by atoms with Crippen molar-refractivity contribution in [3.8, 4) is 0 Å². The molecule has 3 unspecified atom stereocenters. The normalized spacial score (nSPS) is 34.2. The molecule has 3 heteroatoms. The SMILES string of the molecule is OC1CNC2CN(Cc3ccccc3)CC12. The molecule has 0 aliphatic carbocycles. The molecule has 2 heterocycles. The average molecular weight is 218 g/mol. The molecule has 2 saturated heterocycles. The van der Waals surface area contributed by atoms with E-state index in [-0.39, 0.29) is 6.10 Å². The molecule has 2 aliphatic rings. The first kappa shape index (κ1) is 10.3. The number of rotatable bonds is 2. The maximum Gasteiger partial charge on any atom is 0.0720 e. The molecule has 2 aliphatic heterocycles. The van der Waals surface area contributed by atoms with E-state index in [1.165, 1.54) is 5.56 Å². The van der Waals surface area contributed by atoms with Gasteiger partial charge in [-0.1, -0.05) is 30.3 Å². The lowest BCUT2D eigenvalue weighted by Crippen LogP contribution is -2.30. The van der Waals surface area contributed by atoms with E-state index in [0.29, 0.717) is 12.0 Å². The van der Waals surface area contributed by atoms with Gasteiger partial charge in [0.2, 0.25) is 0 Å². The molecule has 1 aromatic carbocycles. The van der Waals surface area contributed by atoms with Gasteiger partial charge in [0.05, 0.1) is 6.10 Å². The van der Waals surface area contributed by atoms with Crippen LogP contribution in [-0.4, -0.2) is 41.8 Å². The molecule has 0 amide bonds. The van der Waals surface area contributed by atoms with Gasteiger partial charge in [-0.25, -0.2) is 0 Å². The van der Waals surface area contributed by atoms with Gasteiger partial charge in [0, 0.05) is 38.1 Å². The maximum atomic E-state index is 9.79. The predicted molar refractivity (Wildman–Crippen MR) is 63.0 cm³/mol. The molecular weight excluding hydrogens is 200 g/mol. The first-order chi connectivity index (χ1) is 7.83. The number of benzene rings is 1. The van der Waals surface area contributed by atoms with Gasteiger partial charge in [0.25, 0.3) is 0 Å². The molecule has 2 fully saturated rings. The third-order valence-corrected chi connectivity index (χ3v) is 3.77. The number of hydrogen-bond donors (Lipinski definition) is 2. The summed E-state index contributed by atoms with van der Waals surface area (Å²) >= 11 is 0. The highest BCUT2D eigenvalue weighted by molar-refractivity contribution is 5.15. The molecule has 3 nitrogen and oxygen atoms in total. The second-order valence-corrected chi connectivity index (χ2v) is 4.93. The molecule has 0 bridgehead atoms. The van der Waals surface area contributed by atoms with Crippen LogP contribution in [0.2, 0.25) is 0 Å². The van der Waals surface area contributed by atoms with Crippen molar-refractivity contribution < 1.29 is 5.11 Å². The van der Waals surface area contributed by atoms with Crippen molar-refractivity contribution in [2.45, 2.75) is 18.7 Å². The minimum atomic E-state index is -0.147. The molecule has 2 N–H and O–H groups in total. The fourth-order valence-corrected chi connectivity index (χ4v) is 2.91. The lowest BCUT2D eigenvalue weighted by Gasteiger charge is -2.17. The van der Waals surface area contributed by atoms with Gasteiger partial charge in [0.1, 0.15) is 0 Å². The van der Waals surface area contributed by atoms with Gasteiger partial charge in [0.15, 0.2) is 0 Å². The van der Waals surface area contributed by atoms with E-state index in [1.807, 2.05) is 6.07 Å². The van der Waals surface area contributed by atoms with Crippen LogP contribution in [0.3, 0.4) is 0 Å². The summed E-state index contributed by atoms with van der Waals surface area (Å²) in [6.45, 7) is 3.86. The Balaban J connectivity index is 1.63. The fourth-order valence-electron chi connectivity index (χ4n) is 2.91. The van der Waals surface area contributed by atoms with Crippen LogP contribution in [-0.2, 0) is 6.54 Å². The Bertz CT molecular complexity index is 354. The summed E-state index contributed by atoms with van der Waals surface area (Å²) in [6.07, 6.45) is -0.147. The Morgan fingerprint density at radius 2 is 2.06 bits per heavy atom. The molecule has 3 rings (SSSR count). The van der Waals surface area contributed by atoms with Crippen molar-refractivity contribution in [2.24, 2.45) is 5.92 Å². The minimum Gasteiger partial charge on any atom is -0.391 e. The smallest absolute Gasteiger partial charge is 0.0720 e. The van der Waals surface area contributed by atoms with Crippen LogP contribution in [0.15, 0.2) is 30.3 Å². The maximum absolute atomic E-state index is 9.79. The second-order valence-electron chi connectivity index (χ2n) is 4.93. The summed E-state index contributed by atoms with van der Waals surface area (Å²) < 4.78 is 0. The van der Waals surface area contributed by atoms with Gasteiger partial charge in [-0.15, -0.1) is 0 Å². The summed E-state index contributed by atoms with van der Waals surface area (Å²) in [6, 6.07) is 11.0. The lowest BCUT2D eigenvalue weighted by molar-refractivity contribution is 0.137. The number of fused-ring (bicyclic) bond motifs is 1. The molecule has 1 aromatic rings. The van der Waals surface area contributed by atoms with Gasteiger partial charge >= 0.3 is 0 Å². The average Bonchev–Trinajstić information content (AvgIpc) is 2.83. The molecule has 0 radical (unpaired) electrons. The highest BCUT2D eigenvalue weighted by Gasteiger charge is 2.41. The first-order valence-electron chi connectivity index (χ1n) is 6.00. The van der Waals surface area contributed by atoms with Gasteiger partial charge in [-0.05, 0) is 5.56 Å². The van der Waals surface area contributed by atoms with Crippen LogP contribution in [0, 0.1) is 5.92 Å². The van der Waals surface area contributed by atoms with Gasteiger partial charge in [-0.3, -0.25) is 4.90 Å². The highest BCUT2D eigenvalue weighted by Crippen LogP contribution is 2.26. The van der Waals surface area contributed by atoms with Crippen LogP contribution in [0.1, 0.15) is 5.56 Å². The van der Waals surface area contributed by atoms with E-state index in [4.69, 9.17) is 0 Å². The number of aliphatic hydroxyl groups is 1. The number of likely N-dealkylation sites (tertiary alicyclic amines) is 1. The Kier molecular flexibility index (Phi) is 2.67. The van der Waals surface area contributed by atoms with Crippen molar-refractivity contribution in [3.05, 3.63) is 35.9 Å². The van der Waals surface area contributed by atoms with E-state index < -0.39 is 0 Å². The zero-order valence-electron chi connectivity index (χ0n) is 9.34.